The van der Waals surface area contributed by atoms with Crippen LogP contribution in [0.25, 0.3) is 0 Å². The normalized spacial score (nSPS) is 18.1. The minimum atomic E-state index is -4.60. The van der Waals surface area contributed by atoms with Crippen molar-refractivity contribution < 1.29 is 23.1 Å². The topological polar surface area (TPSA) is 65.5 Å². The zero-order valence-corrected chi connectivity index (χ0v) is 11.9. The first-order valence-electron chi connectivity index (χ1n) is 7.04. The SMILES string of the molecule is O=C(NCc1ccncc1)N1CCC(C(O)C(F)(F)F)CC1. The first-order valence-corrected chi connectivity index (χ1v) is 7.04. The van der Waals surface area contributed by atoms with E-state index in [9.17, 15) is 23.1 Å². The largest absolute Gasteiger partial charge is 0.414 e. The highest BCUT2D eigenvalue weighted by molar-refractivity contribution is 5.74. The second-order valence-electron chi connectivity index (χ2n) is 5.33. The molecule has 122 valence electrons. The van der Waals surface area contributed by atoms with E-state index in [1.54, 1.807) is 24.5 Å². The molecular formula is C14H18F3N3O2. The van der Waals surface area contributed by atoms with E-state index in [0.717, 1.165) is 5.56 Å². The third-order valence-corrected chi connectivity index (χ3v) is 3.80. The van der Waals surface area contributed by atoms with Gasteiger partial charge in [0.15, 0.2) is 6.10 Å². The number of aliphatic hydroxyl groups excluding tert-OH is 1. The number of amides is 2. The van der Waals surface area contributed by atoms with Crippen molar-refractivity contribution in [2.75, 3.05) is 13.1 Å². The van der Waals surface area contributed by atoms with Gasteiger partial charge in [0.2, 0.25) is 0 Å². The van der Waals surface area contributed by atoms with Crippen LogP contribution in [0.2, 0.25) is 0 Å². The van der Waals surface area contributed by atoms with Crippen LogP contribution in [0.4, 0.5) is 18.0 Å². The lowest BCUT2D eigenvalue weighted by Gasteiger charge is -2.34. The third-order valence-electron chi connectivity index (χ3n) is 3.80. The van der Waals surface area contributed by atoms with Crippen molar-refractivity contribution in [2.24, 2.45) is 5.92 Å². The van der Waals surface area contributed by atoms with Gasteiger partial charge in [-0.05, 0) is 36.5 Å². The van der Waals surface area contributed by atoms with Gasteiger partial charge in [-0.3, -0.25) is 4.98 Å². The molecule has 2 rings (SSSR count). The van der Waals surface area contributed by atoms with Crippen LogP contribution in [-0.4, -0.2) is 46.4 Å². The van der Waals surface area contributed by atoms with Crippen LogP contribution in [0, 0.1) is 5.92 Å². The second-order valence-corrected chi connectivity index (χ2v) is 5.33. The van der Waals surface area contributed by atoms with Crippen molar-refractivity contribution in [2.45, 2.75) is 31.7 Å². The first-order chi connectivity index (χ1) is 10.4. The van der Waals surface area contributed by atoms with E-state index in [0.29, 0.717) is 6.54 Å². The molecule has 1 aromatic rings. The summed E-state index contributed by atoms with van der Waals surface area (Å²) >= 11 is 0. The molecule has 2 N–H and O–H groups in total. The summed E-state index contributed by atoms with van der Waals surface area (Å²) in [6.45, 7) is 0.756. The summed E-state index contributed by atoms with van der Waals surface area (Å²) in [5, 5.41) is 12.0. The Balaban J connectivity index is 1.78. The lowest BCUT2D eigenvalue weighted by Crippen LogP contribution is -2.48. The summed E-state index contributed by atoms with van der Waals surface area (Å²) in [7, 11) is 0. The Kier molecular flexibility index (Phi) is 5.23. The van der Waals surface area contributed by atoms with E-state index in [-0.39, 0.29) is 32.0 Å². The molecule has 2 amide bonds. The van der Waals surface area contributed by atoms with E-state index in [4.69, 9.17) is 0 Å². The van der Waals surface area contributed by atoms with Crippen molar-refractivity contribution >= 4 is 6.03 Å². The number of likely N-dealkylation sites (tertiary alicyclic amines) is 1. The summed E-state index contributed by atoms with van der Waals surface area (Å²) in [5.74, 6) is -0.843. The molecule has 8 heteroatoms. The van der Waals surface area contributed by atoms with Crippen LogP contribution in [0.15, 0.2) is 24.5 Å². The number of nitrogens with zero attached hydrogens (tertiary/aromatic N) is 2. The molecule has 2 heterocycles. The Morgan fingerprint density at radius 1 is 1.36 bits per heavy atom. The predicted octanol–water partition coefficient (Wildman–Crippen LogP) is 1.93. The van der Waals surface area contributed by atoms with Crippen LogP contribution in [0.5, 0.6) is 0 Å². The molecule has 1 atom stereocenters. The van der Waals surface area contributed by atoms with Gasteiger partial charge in [0.25, 0.3) is 0 Å². The predicted molar refractivity (Wildman–Crippen MR) is 72.8 cm³/mol. The average Bonchev–Trinajstić information content (AvgIpc) is 2.52. The van der Waals surface area contributed by atoms with E-state index in [1.807, 2.05) is 0 Å². The standard InChI is InChI=1S/C14H18F3N3O2/c15-14(16,17)12(21)11-3-7-20(8-4-11)13(22)19-9-10-1-5-18-6-2-10/h1-2,5-6,11-12,21H,3-4,7-9H2,(H,19,22). The number of aliphatic hydroxyl groups is 1. The van der Waals surface area contributed by atoms with Gasteiger partial charge < -0.3 is 15.3 Å². The van der Waals surface area contributed by atoms with Gasteiger partial charge in [0.05, 0.1) is 0 Å². The summed E-state index contributed by atoms with van der Waals surface area (Å²) in [4.78, 5) is 17.3. The molecule has 0 aromatic carbocycles. The highest BCUT2D eigenvalue weighted by Gasteiger charge is 2.44. The number of pyridine rings is 1. The maximum Gasteiger partial charge on any atom is 0.414 e. The van der Waals surface area contributed by atoms with Crippen LogP contribution in [0.1, 0.15) is 18.4 Å². The maximum absolute atomic E-state index is 12.4. The number of carbonyl (C=O) groups excluding carboxylic acids is 1. The molecule has 1 aromatic heterocycles. The molecule has 1 aliphatic heterocycles. The van der Waals surface area contributed by atoms with Crippen LogP contribution >= 0.6 is 0 Å². The molecule has 0 bridgehead atoms. The molecule has 22 heavy (non-hydrogen) atoms. The molecule has 0 aliphatic carbocycles. The van der Waals surface area contributed by atoms with Crippen LogP contribution in [0.3, 0.4) is 0 Å². The van der Waals surface area contributed by atoms with Crippen molar-refractivity contribution in [1.82, 2.24) is 15.2 Å². The molecule has 0 spiro atoms. The van der Waals surface area contributed by atoms with E-state index < -0.39 is 18.2 Å². The van der Waals surface area contributed by atoms with Gasteiger partial charge in [0, 0.05) is 32.0 Å². The number of nitrogens with one attached hydrogen (secondary N) is 1. The Morgan fingerprint density at radius 2 is 1.95 bits per heavy atom. The van der Waals surface area contributed by atoms with Crippen molar-refractivity contribution in [1.29, 1.82) is 0 Å². The highest BCUT2D eigenvalue weighted by atomic mass is 19.4. The number of piperidine rings is 1. The molecule has 0 radical (unpaired) electrons. The van der Waals surface area contributed by atoms with Crippen LogP contribution in [-0.2, 0) is 6.54 Å². The van der Waals surface area contributed by atoms with Crippen molar-refractivity contribution in [3.05, 3.63) is 30.1 Å². The smallest absolute Gasteiger partial charge is 0.383 e. The molecular weight excluding hydrogens is 299 g/mol. The Hall–Kier alpha value is -1.83. The highest BCUT2D eigenvalue weighted by Crippen LogP contribution is 2.31. The van der Waals surface area contributed by atoms with Crippen molar-refractivity contribution in [3.8, 4) is 0 Å². The Morgan fingerprint density at radius 3 is 2.50 bits per heavy atom. The summed E-state index contributed by atoms with van der Waals surface area (Å²) in [5.41, 5.74) is 0.894. The van der Waals surface area contributed by atoms with Gasteiger partial charge in [-0.1, -0.05) is 0 Å². The molecule has 1 saturated heterocycles. The minimum absolute atomic E-state index is 0.142. The Bertz CT molecular complexity index is 488. The first kappa shape index (κ1) is 16.5. The quantitative estimate of drug-likeness (QED) is 0.895. The van der Waals surface area contributed by atoms with Gasteiger partial charge >= 0.3 is 12.2 Å². The summed E-state index contributed by atoms with van der Waals surface area (Å²) in [6.07, 6.45) is -3.39. The molecule has 1 unspecified atom stereocenters. The number of halogens is 3. The number of hydrogen-bond acceptors (Lipinski definition) is 3. The van der Waals surface area contributed by atoms with Gasteiger partial charge in [0.1, 0.15) is 0 Å². The summed E-state index contributed by atoms with van der Waals surface area (Å²) in [6, 6.07) is 3.23. The Labute approximate surface area is 126 Å². The fourth-order valence-electron chi connectivity index (χ4n) is 2.48. The monoisotopic (exact) mass is 317 g/mol. The van der Waals surface area contributed by atoms with E-state index >= 15 is 0 Å². The lowest BCUT2D eigenvalue weighted by atomic mass is 9.91. The zero-order chi connectivity index (χ0) is 16.2. The number of alkyl halides is 3. The van der Waals surface area contributed by atoms with Gasteiger partial charge in [-0.15, -0.1) is 0 Å². The van der Waals surface area contributed by atoms with E-state index in [2.05, 4.69) is 10.3 Å². The number of urea groups is 1. The number of carbonyl (C=O) groups is 1. The number of rotatable bonds is 3. The maximum atomic E-state index is 12.4. The zero-order valence-electron chi connectivity index (χ0n) is 11.9. The van der Waals surface area contributed by atoms with Gasteiger partial charge in [-0.2, -0.15) is 13.2 Å². The molecule has 1 fully saturated rings. The van der Waals surface area contributed by atoms with Crippen LogP contribution < -0.4 is 5.32 Å². The number of aromatic nitrogens is 1. The molecule has 5 nitrogen and oxygen atoms in total. The molecule has 0 saturated carbocycles. The minimum Gasteiger partial charge on any atom is -0.383 e. The average molecular weight is 317 g/mol. The fourth-order valence-corrected chi connectivity index (χ4v) is 2.48. The molecule has 1 aliphatic rings. The second kappa shape index (κ2) is 6.95. The lowest BCUT2D eigenvalue weighted by molar-refractivity contribution is -0.222. The van der Waals surface area contributed by atoms with Crippen molar-refractivity contribution in [3.63, 3.8) is 0 Å². The number of hydrogen-bond donors (Lipinski definition) is 2. The third kappa shape index (κ3) is 4.33. The summed E-state index contributed by atoms with van der Waals surface area (Å²) < 4.78 is 37.3. The van der Waals surface area contributed by atoms with Gasteiger partial charge in [-0.25, -0.2) is 4.79 Å². The fraction of sp³-hybridized carbons (Fsp3) is 0.571. The van der Waals surface area contributed by atoms with E-state index in [1.165, 1.54) is 4.90 Å².